The van der Waals surface area contributed by atoms with E-state index in [4.69, 9.17) is 5.11 Å². The number of aliphatic carboxylic acids is 1. The van der Waals surface area contributed by atoms with Crippen molar-refractivity contribution in [3.05, 3.63) is 59.2 Å². The molecule has 0 aliphatic heterocycles. The van der Waals surface area contributed by atoms with Gasteiger partial charge >= 0.3 is 12.1 Å². The van der Waals surface area contributed by atoms with E-state index >= 15 is 0 Å². The van der Waals surface area contributed by atoms with Gasteiger partial charge in [-0.2, -0.15) is 13.2 Å². The quantitative estimate of drug-likeness (QED) is 0.483. The van der Waals surface area contributed by atoms with Crippen LogP contribution in [0.5, 0.6) is 0 Å². The number of halogens is 4. The lowest BCUT2D eigenvalue weighted by Crippen LogP contribution is -2.04. The standard InChI is InChI=1S/C21H22BrF3O2/c1-14(13-22)3-2-4-16-6-5-15(12-20(26)27)11-19(16)17-7-9-18(10-8-17)21(23,24)25/h5-11,14H,2-4,12-13H2,1H3,(H,26,27). The number of alkyl halides is 4. The van der Waals surface area contributed by atoms with Crippen molar-refractivity contribution in [3.8, 4) is 11.1 Å². The molecule has 146 valence electrons. The molecule has 0 fully saturated rings. The van der Waals surface area contributed by atoms with E-state index in [0.717, 1.165) is 47.9 Å². The molecule has 2 aromatic carbocycles. The van der Waals surface area contributed by atoms with E-state index in [1.54, 1.807) is 12.1 Å². The molecule has 0 aliphatic rings. The lowest BCUT2D eigenvalue weighted by atomic mass is 9.92. The fourth-order valence-corrected chi connectivity index (χ4v) is 3.28. The summed E-state index contributed by atoms with van der Waals surface area (Å²) in [6.45, 7) is 2.15. The van der Waals surface area contributed by atoms with Crippen LogP contribution in [0.25, 0.3) is 11.1 Å². The lowest BCUT2D eigenvalue weighted by Gasteiger charge is -2.14. The number of rotatable bonds is 8. The minimum atomic E-state index is -4.38. The van der Waals surface area contributed by atoms with Gasteiger partial charge in [0.05, 0.1) is 12.0 Å². The molecular formula is C21H22BrF3O2. The summed E-state index contributed by atoms with van der Waals surface area (Å²) in [6.07, 6.45) is -1.71. The van der Waals surface area contributed by atoms with Crippen molar-refractivity contribution < 1.29 is 23.1 Å². The van der Waals surface area contributed by atoms with Gasteiger partial charge in [0.25, 0.3) is 0 Å². The molecule has 0 aromatic heterocycles. The number of carboxylic acids is 1. The Kier molecular flexibility index (Phi) is 7.48. The Hall–Kier alpha value is -1.82. The SMILES string of the molecule is CC(CBr)CCCc1ccc(CC(=O)O)cc1-c1ccc(C(F)(F)F)cc1. The summed E-state index contributed by atoms with van der Waals surface area (Å²) in [7, 11) is 0. The molecule has 6 heteroatoms. The van der Waals surface area contributed by atoms with Crippen LogP contribution in [0.15, 0.2) is 42.5 Å². The van der Waals surface area contributed by atoms with Crippen molar-refractivity contribution in [1.82, 2.24) is 0 Å². The van der Waals surface area contributed by atoms with Crippen LogP contribution in [0.2, 0.25) is 0 Å². The van der Waals surface area contributed by atoms with Gasteiger partial charge in [0.1, 0.15) is 0 Å². The maximum atomic E-state index is 12.8. The molecule has 0 saturated heterocycles. The second kappa shape index (κ2) is 9.40. The molecule has 2 nitrogen and oxygen atoms in total. The summed E-state index contributed by atoms with van der Waals surface area (Å²) in [5.41, 5.74) is 2.43. The monoisotopic (exact) mass is 442 g/mol. The zero-order chi connectivity index (χ0) is 20.0. The van der Waals surface area contributed by atoms with Gasteiger partial charge in [0.15, 0.2) is 0 Å². The van der Waals surface area contributed by atoms with Crippen molar-refractivity contribution in [2.75, 3.05) is 5.33 Å². The van der Waals surface area contributed by atoms with Gasteiger partial charge in [0, 0.05) is 5.33 Å². The third kappa shape index (κ3) is 6.38. The van der Waals surface area contributed by atoms with Crippen LogP contribution in [0.1, 0.15) is 36.5 Å². The van der Waals surface area contributed by atoms with Crippen LogP contribution in [0.3, 0.4) is 0 Å². The molecule has 1 atom stereocenters. The summed E-state index contributed by atoms with van der Waals surface area (Å²) in [5, 5.41) is 9.95. The molecular weight excluding hydrogens is 421 g/mol. The Bertz CT molecular complexity index is 770. The van der Waals surface area contributed by atoms with Crippen LogP contribution in [0.4, 0.5) is 13.2 Å². The van der Waals surface area contributed by atoms with Gasteiger partial charge in [-0.1, -0.05) is 53.2 Å². The Labute approximate surface area is 165 Å². The van der Waals surface area contributed by atoms with Gasteiger partial charge < -0.3 is 5.11 Å². The second-order valence-electron chi connectivity index (χ2n) is 6.79. The maximum Gasteiger partial charge on any atom is 0.416 e. The molecule has 0 aliphatic carbocycles. The molecule has 0 radical (unpaired) electrons. The number of hydrogen-bond donors (Lipinski definition) is 1. The van der Waals surface area contributed by atoms with E-state index in [-0.39, 0.29) is 6.42 Å². The minimum Gasteiger partial charge on any atom is -0.481 e. The minimum absolute atomic E-state index is 0.117. The zero-order valence-corrected chi connectivity index (χ0v) is 16.6. The van der Waals surface area contributed by atoms with E-state index in [9.17, 15) is 18.0 Å². The van der Waals surface area contributed by atoms with Crippen molar-refractivity contribution in [3.63, 3.8) is 0 Å². The van der Waals surface area contributed by atoms with E-state index in [1.807, 2.05) is 6.07 Å². The highest BCUT2D eigenvalue weighted by atomic mass is 79.9. The van der Waals surface area contributed by atoms with Crippen LogP contribution in [0, 0.1) is 5.92 Å². The molecule has 2 aromatic rings. The van der Waals surface area contributed by atoms with Crippen LogP contribution in [-0.4, -0.2) is 16.4 Å². The summed E-state index contributed by atoms with van der Waals surface area (Å²) in [5.74, 6) is -0.391. The molecule has 0 bridgehead atoms. The molecule has 1 unspecified atom stereocenters. The summed E-state index contributed by atoms with van der Waals surface area (Å²) < 4.78 is 38.4. The summed E-state index contributed by atoms with van der Waals surface area (Å²) in [6, 6.07) is 10.5. The third-order valence-electron chi connectivity index (χ3n) is 4.46. The smallest absolute Gasteiger partial charge is 0.416 e. The highest BCUT2D eigenvalue weighted by Gasteiger charge is 2.30. The number of carbonyl (C=O) groups is 1. The molecule has 0 amide bonds. The Morgan fingerprint density at radius 2 is 1.81 bits per heavy atom. The zero-order valence-electron chi connectivity index (χ0n) is 15.0. The predicted octanol–water partition coefficient (Wildman–Crippen LogP) is 6.35. The fraction of sp³-hybridized carbons (Fsp3) is 0.381. The Morgan fingerprint density at radius 3 is 2.37 bits per heavy atom. The number of hydrogen-bond acceptors (Lipinski definition) is 1. The van der Waals surface area contributed by atoms with Crippen LogP contribution < -0.4 is 0 Å². The summed E-state index contributed by atoms with van der Waals surface area (Å²) in [4.78, 5) is 11.0. The summed E-state index contributed by atoms with van der Waals surface area (Å²) >= 11 is 3.46. The van der Waals surface area contributed by atoms with Crippen LogP contribution in [-0.2, 0) is 23.8 Å². The first-order chi connectivity index (χ1) is 12.7. The Morgan fingerprint density at radius 1 is 1.15 bits per heavy atom. The van der Waals surface area contributed by atoms with Crippen molar-refractivity contribution in [2.45, 2.75) is 38.8 Å². The first-order valence-corrected chi connectivity index (χ1v) is 9.90. The van der Waals surface area contributed by atoms with Crippen molar-refractivity contribution in [1.29, 1.82) is 0 Å². The molecule has 0 heterocycles. The first-order valence-electron chi connectivity index (χ1n) is 8.78. The van der Waals surface area contributed by atoms with E-state index in [2.05, 4.69) is 22.9 Å². The molecule has 1 N–H and O–H groups in total. The predicted molar refractivity (Wildman–Crippen MR) is 104 cm³/mol. The lowest BCUT2D eigenvalue weighted by molar-refractivity contribution is -0.138. The Balaban J connectivity index is 2.32. The molecule has 27 heavy (non-hydrogen) atoms. The van der Waals surface area contributed by atoms with Gasteiger partial charge in [0.2, 0.25) is 0 Å². The highest BCUT2D eigenvalue weighted by molar-refractivity contribution is 9.09. The van der Waals surface area contributed by atoms with Gasteiger partial charge in [-0.25, -0.2) is 0 Å². The largest absolute Gasteiger partial charge is 0.481 e. The van der Waals surface area contributed by atoms with Gasteiger partial charge in [-0.3, -0.25) is 4.79 Å². The topological polar surface area (TPSA) is 37.3 Å². The number of carboxylic acid groups (broad SMARTS) is 1. The van der Waals surface area contributed by atoms with Crippen molar-refractivity contribution in [2.24, 2.45) is 5.92 Å². The molecule has 0 spiro atoms. The van der Waals surface area contributed by atoms with E-state index in [0.29, 0.717) is 17.0 Å². The normalized spacial score (nSPS) is 12.8. The first kappa shape index (κ1) is 21.5. The number of aryl methyl sites for hydroxylation is 1. The number of benzene rings is 2. The fourth-order valence-electron chi connectivity index (χ4n) is 2.95. The van der Waals surface area contributed by atoms with E-state index in [1.165, 1.54) is 12.1 Å². The van der Waals surface area contributed by atoms with E-state index < -0.39 is 17.7 Å². The van der Waals surface area contributed by atoms with Gasteiger partial charge in [-0.05, 0) is 59.6 Å². The molecule has 0 saturated carbocycles. The van der Waals surface area contributed by atoms with Gasteiger partial charge in [-0.15, -0.1) is 0 Å². The highest BCUT2D eigenvalue weighted by Crippen LogP contribution is 2.33. The van der Waals surface area contributed by atoms with Crippen molar-refractivity contribution >= 4 is 21.9 Å². The van der Waals surface area contributed by atoms with Crippen LogP contribution >= 0.6 is 15.9 Å². The average molecular weight is 443 g/mol. The third-order valence-corrected chi connectivity index (χ3v) is 5.56. The maximum absolute atomic E-state index is 12.8. The second-order valence-corrected chi connectivity index (χ2v) is 7.44. The molecule has 2 rings (SSSR count). The average Bonchev–Trinajstić information content (AvgIpc) is 2.61.